The standard InChI is InChI=1S/C21H22FN3O4/c1-3-17(19(26)23-11-12-29-2)25-18-10-5-4-9-16(18)20(27)24(21(25)28)15-8-6-7-14(22)13-15/h4-10,13,17H,3,11-12H2,1-2H3,(H,23,26). The van der Waals surface area contributed by atoms with Crippen molar-refractivity contribution in [3.05, 3.63) is 75.2 Å². The number of carbonyl (C=O) groups excluding carboxylic acids is 1. The van der Waals surface area contributed by atoms with E-state index in [1.165, 1.54) is 29.9 Å². The molecule has 0 radical (unpaired) electrons. The third-order valence-corrected chi connectivity index (χ3v) is 4.67. The van der Waals surface area contributed by atoms with Gasteiger partial charge in [0, 0.05) is 13.7 Å². The molecule has 3 rings (SSSR count). The highest BCUT2D eigenvalue weighted by Crippen LogP contribution is 2.17. The number of nitrogens with zero attached hydrogens (tertiary/aromatic N) is 2. The summed E-state index contributed by atoms with van der Waals surface area (Å²) in [7, 11) is 1.52. The van der Waals surface area contributed by atoms with E-state index in [2.05, 4.69) is 5.32 Å². The van der Waals surface area contributed by atoms with Crippen LogP contribution in [-0.4, -0.2) is 35.3 Å². The minimum atomic E-state index is -0.843. The molecule has 7 nitrogen and oxygen atoms in total. The van der Waals surface area contributed by atoms with Crippen molar-refractivity contribution in [2.24, 2.45) is 0 Å². The Morgan fingerprint density at radius 2 is 1.93 bits per heavy atom. The van der Waals surface area contributed by atoms with E-state index >= 15 is 0 Å². The number of ether oxygens (including phenoxy) is 1. The first-order valence-corrected chi connectivity index (χ1v) is 9.28. The molecule has 8 heteroatoms. The predicted molar refractivity (Wildman–Crippen MR) is 108 cm³/mol. The second kappa shape index (κ2) is 8.83. The number of hydrogen-bond donors (Lipinski definition) is 1. The molecule has 29 heavy (non-hydrogen) atoms. The number of fused-ring (bicyclic) bond motifs is 1. The summed E-state index contributed by atoms with van der Waals surface area (Å²) in [6.45, 7) is 2.40. The molecule has 0 spiro atoms. The van der Waals surface area contributed by atoms with E-state index in [0.29, 0.717) is 25.1 Å². The van der Waals surface area contributed by atoms with Gasteiger partial charge < -0.3 is 10.1 Å². The first-order chi connectivity index (χ1) is 14.0. The predicted octanol–water partition coefficient (Wildman–Crippen LogP) is 2.01. The van der Waals surface area contributed by atoms with E-state index in [1.807, 2.05) is 0 Å². The van der Waals surface area contributed by atoms with Crippen LogP contribution in [0.4, 0.5) is 4.39 Å². The number of benzene rings is 2. The quantitative estimate of drug-likeness (QED) is 0.616. The summed E-state index contributed by atoms with van der Waals surface area (Å²) < 4.78 is 20.9. The summed E-state index contributed by atoms with van der Waals surface area (Å²) >= 11 is 0. The summed E-state index contributed by atoms with van der Waals surface area (Å²) in [5.74, 6) is -0.931. The molecule has 1 atom stereocenters. The molecule has 152 valence electrons. The van der Waals surface area contributed by atoms with E-state index in [9.17, 15) is 18.8 Å². The van der Waals surface area contributed by atoms with Crippen LogP contribution in [0.1, 0.15) is 19.4 Å². The topological polar surface area (TPSA) is 82.3 Å². The Hall–Kier alpha value is -3.26. The van der Waals surface area contributed by atoms with Crippen LogP contribution >= 0.6 is 0 Å². The van der Waals surface area contributed by atoms with Crippen molar-refractivity contribution in [2.45, 2.75) is 19.4 Å². The van der Waals surface area contributed by atoms with Crippen molar-refractivity contribution in [2.75, 3.05) is 20.3 Å². The maximum atomic E-state index is 13.8. The van der Waals surface area contributed by atoms with Crippen LogP contribution in [0.15, 0.2) is 58.1 Å². The summed E-state index contributed by atoms with van der Waals surface area (Å²) in [5, 5.41) is 3.00. The largest absolute Gasteiger partial charge is 0.383 e. The van der Waals surface area contributed by atoms with Gasteiger partial charge in [-0.3, -0.25) is 14.2 Å². The van der Waals surface area contributed by atoms with Crippen molar-refractivity contribution in [1.82, 2.24) is 14.5 Å². The maximum absolute atomic E-state index is 13.8. The lowest BCUT2D eigenvalue weighted by Crippen LogP contribution is -2.44. The zero-order chi connectivity index (χ0) is 21.0. The van der Waals surface area contributed by atoms with Gasteiger partial charge in [-0.25, -0.2) is 13.8 Å². The number of aromatic nitrogens is 2. The number of carbonyl (C=O) groups is 1. The van der Waals surface area contributed by atoms with E-state index in [-0.39, 0.29) is 17.0 Å². The van der Waals surface area contributed by atoms with Gasteiger partial charge in [0.15, 0.2) is 0 Å². The van der Waals surface area contributed by atoms with Gasteiger partial charge in [-0.1, -0.05) is 25.1 Å². The zero-order valence-corrected chi connectivity index (χ0v) is 16.2. The van der Waals surface area contributed by atoms with Gasteiger partial charge in [0.25, 0.3) is 5.56 Å². The van der Waals surface area contributed by atoms with Crippen LogP contribution < -0.4 is 16.6 Å². The minimum absolute atomic E-state index is 0.106. The zero-order valence-electron chi connectivity index (χ0n) is 16.2. The third kappa shape index (κ3) is 3.97. The number of hydrogen-bond acceptors (Lipinski definition) is 4. The van der Waals surface area contributed by atoms with Crippen molar-refractivity contribution < 1.29 is 13.9 Å². The van der Waals surface area contributed by atoms with Crippen LogP contribution in [0.5, 0.6) is 0 Å². The second-order valence-corrected chi connectivity index (χ2v) is 6.50. The molecule has 1 heterocycles. The highest BCUT2D eigenvalue weighted by Gasteiger charge is 2.24. The average Bonchev–Trinajstić information content (AvgIpc) is 2.71. The maximum Gasteiger partial charge on any atom is 0.336 e. The van der Waals surface area contributed by atoms with Crippen molar-refractivity contribution >= 4 is 16.8 Å². The summed E-state index contributed by atoms with van der Waals surface area (Å²) in [5.41, 5.74) is -0.812. The highest BCUT2D eigenvalue weighted by molar-refractivity contribution is 5.84. The van der Waals surface area contributed by atoms with E-state index in [1.54, 1.807) is 31.2 Å². The van der Waals surface area contributed by atoms with Crippen molar-refractivity contribution in [3.63, 3.8) is 0 Å². The molecule has 0 saturated heterocycles. The van der Waals surface area contributed by atoms with E-state index < -0.39 is 23.1 Å². The molecule has 0 aliphatic carbocycles. The van der Waals surface area contributed by atoms with Crippen molar-refractivity contribution in [1.29, 1.82) is 0 Å². The Morgan fingerprint density at radius 1 is 1.17 bits per heavy atom. The lowest BCUT2D eigenvalue weighted by atomic mass is 10.1. The molecule has 0 fully saturated rings. The van der Waals surface area contributed by atoms with Gasteiger partial charge in [0.2, 0.25) is 5.91 Å². The fourth-order valence-corrected chi connectivity index (χ4v) is 3.31. The SMILES string of the molecule is CCC(C(=O)NCCOC)n1c(=O)n(-c2cccc(F)c2)c(=O)c2ccccc21. The number of rotatable bonds is 7. The molecule has 0 aliphatic rings. The molecule has 1 aromatic heterocycles. The molecule has 2 aromatic carbocycles. The van der Waals surface area contributed by atoms with Crippen LogP contribution in [0.2, 0.25) is 0 Å². The fraction of sp³-hybridized carbons (Fsp3) is 0.286. The number of halogens is 1. The highest BCUT2D eigenvalue weighted by atomic mass is 19.1. The van der Waals surface area contributed by atoms with Gasteiger partial charge in [-0.05, 0) is 36.8 Å². The molecule has 1 unspecified atom stereocenters. The van der Waals surface area contributed by atoms with Gasteiger partial charge in [0.1, 0.15) is 11.9 Å². The van der Waals surface area contributed by atoms with Crippen LogP contribution in [0, 0.1) is 5.82 Å². The fourth-order valence-electron chi connectivity index (χ4n) is 3.31. The Kier molecular flexibility index (Phi) is 6.23. The lowest BCUT2D eigenvalue weighted by molar-refractivity contribution is -0.124. The first kappa shape index (κ1) is 20.5. The smallest absolute Gasteiger partial charge is 0.336 e. The van der Waals surface area contributed by atoms with Gasteiger partial charge in [-0.2, -0.15) is 0 Å². The molecule has 0 aliphatic heterocycles. The van der Waals surface area contributed by atoms with Gasteiger partial charge in [0.05, 0.1) is 23.2 Å². The Morgan fingerprint density at radius 3 is 2.62 bits per heavy atom. The van der Waals surface area contributed by atoms with Crippen LogP contribution in [0.25, 0.3) is 16.6 Å². The van der Waals surface area contributed by atoms with E-state index in [0.717, 1.165) is 10.6 Å². The number of nitrogens with one attached hydrogen (secondary N) is 1. The second-order valence-electron chi connectivity index (χ2n) is 6.50. The van der Waals surface area contributed by atoms with E-state index in [4.69, 9.17) is 4.74 Å². The molecule has 0 bridgehead atoms. The summed E-state index contributed by atoms with van der Waals surface area (Å²) in [4.78, 5) is 39.1. The van der Waals surface area contributed by atoms with Gasteiger partial charge in [-0.15, -0.1) is 0 Å². The normalized spacial score (nSPS) is 12.1. The molecule has 1 N–H and O–H groups in total. The molecule has 1 amide bonds. The molecule has 3 aromatic rings. The van der Waals surface area contributed by atoms with Crippen LogP contribution in [-0.2, 0) is 9.53 Å². The van der Waals surface area contributed by atoms with Crippen LogP contribution in [0.3, 0.4) is 0 Å². The Bertz CT molecular complexity index is 1150. The van der Waals surface area contributed by atoms with Gasteiger partial charge >= 0.3 is 5.69 Å². The number of para-hydroxylation sites is 1. The lowest BCUT2D eigenvalue weighted by Gasteiger charge is -2.21. The third-order valence-electron chi connectivity index (χ3n) is 4.67. The molecular weight excluding hydrogens is 377 g/mol. The van der Waals surface area contributed by atoms with Crippen molar-refractivity contribution in [3.8, 4) is 5.69 Å². The number of amides is 1. The summed E-state index contributed by atoms with van der Waals surface area (Å²) in [6, 6.07) is 11.0. The average molecular weight is 399 g/mol. The Labute approximate surface area is 166 Å². The summed E-state index contributed by atoms with van der Waals surface area (Å²) in [6.07, 6.45) is 0.323. The first-order valence-electron chi connectivity index (χ1n) is 9.28. The Balaban J connectivity index is 2.27. The monoisotopic (exact) mass is 399 g/mol. The number of methoxy groups -OCH3 is 1. The molecule has 0 saturated carbocycles. The minimum Gasteiger partial charge on any atom is -0.383 e. The molecular formula is C21H22FN3O4.